The van der Waals surface area contributed by atoms with E-state index in [0.717, 1.165) is 30.6 Å². The number of anilines is 1. The molecule has 0 amide bonds. The fraction of sp³-hybridized carbons (Fsp3) is 0.625. The van der Waals surface area contributed by atoms with Gasteiger partial charge in [-0.1, -0.05) is 0 Å². The number of rotatable bonds is 3. The molecule has 7 heteroatoms. The Labute approximate surface area is 90.7 Å². The van der Waals surface area contributed by atoms with E-state index in [9.17, 15) is 10.1 Å². The van der Waals surface area contributed by atoms with E-state index in [1.807, 2.05) is 0 Å². The van der Waals surface area contributed by atoms with Gasteiger partial charge in [0.25, 0.3) is 0 Å². The zero-order chi connectivity index (χ0) is 10.8. The van der Waals surface area contributed by atoms with Gasteiger partial charge < -0.3 is 11.1 Å². The molecule has 6 nitrogen and oxygen atoms in total. The van der Waals surface area contributed by atoms with Crippen LogP contribution in [0.2, 0.25) is 0 Å². The molecule has 1 aliphatic rings. The lowest BCUT2D eigenvalue weighted by Gasteiger charge is -2.15. The second kappa shape index (κ2) is 4.11. The molecule has 1 heterocycles. The van der Waals surface area contributed by atoms with Gasteiger partial charge in [0.2, 0.25) is 0 Å². The number of hydrogen-bond acceptors (Lipinski definition) is 6. The van der Waals surface area contributed by atoms with Crippen LogP contribution in [0.25, 0.3) is 0 Å². The van der Waals surface area contributed by atoms with E-state index in [1.54, 1.807) is 0 Å². The molecule has 2 atom stereocenters. The predicted octanol–water partition coefficient (Wildman–Crippen LogP) is 1.34. The summed E-state index contributed by atoms with van der Waals surface area (Å²) in [5.74, 6) is 0. The van der Waals surface area contributed by atoms with Gasteiger partial charge in [0.05, 0.1) is 4.92 Å². The van der Waals surface area contributed by atoms with Crippen LogP contribution in [0.3, 0.4) is 0 Å². The Morgan fingerprint density at radius 2 is 2.47 bits per heavy atom. The van der Waals surface area contributed by atoms with Crippen molar-refractivity contribution < 1.29 is 4.92 Å². The second-order valence-corrected chi connectivity index (χ2v) is 4.62. The number of nitrogens with zero attached hydrogens (tertiary/aromatic N) is 2. The van der Waals surface area contributed by atoms with Crippen LogP contribution in [0, 0.1) is 10.1 Å². The normalized spacial score (nSPS) is 25.4. The lowest BCUT2D eigenvalue weighted by molar-refractivity contribution is -0.380. The highest BCUT2D eigenvalue weighted by Gasteiger charge is 2.25. The van der Waals surface area contributed by atoms with Crippen molar-refractivity contribution in [3.63, 3.8) is 0 Å². The standard InChI is InChI=1S/C8H12N4O2S/c9-5-2-1-3-6(5)11-8-10-4-7(15-8)12(13)14/h4-6H,1-3,9H2,(H,10,11). The quantitative estimate of drug-likeness (QED) is 0.601. The Morgan fingerprint density at radius 1 is 1.67 bits per heavy atom. The molecule has 0 spiro atoms. The largest absolute Gasteiger partial charge is 0.357 e. The molecule has 0 radical (unpaired) electrons. The smallest absolute Gasteiger partial charge is 0.345 e. The van der Waals surface area contributed by atoms with Crippen LogP contribution < -0.4 is 11.1 Å². The zero-order valence-electron chi connectivity index (χ0n) is 8.05. The lowest BCUT2D eigenvalue weighted by atomic mass is 10.2. The van der Waals surface area contributed by atoms with Crippen LogP contribution in [-0.2, 0) is 0 Å². The van der Waals surface area contributed by atoms with Gasteiger partial charge >= 0.3 is 5.00 Å². The van der Waals surface area contributed by atoms with Gasteiger partial charge in [-0.15, -0.1) is 0 Å². The summed E-state index contributed by atoms with van der Waals surface area (Å²) in [7, 11) is 0. The fourth-order valence-corrected chi connectivity index (χ4v) is 2.44. The van der Waals surface area contributed by atoms with Crippen molar-refractivity contribution in [1.29, 1.82) is 0 Å². The highest BCUT2D eigenvalue weighted by molar-refractivity contribution is 7.18. The van der Waals surface area contributed by atoms with E-state index in [2.05, 4.69) is 10.3 Å². The molecule has 2 unspecified atom stereocenters. The van der Waals surface area contributed by atoms with E-state index in [0.29, 0.717) is 5.13 Å². The van der Waals surface area contributed by atoms with E-state index in [1.165, 1.54) is 6.20 Å². The lowest BCUT2D eigenvalue weighted by Crippen LogP contribution is -2.35. The minimum atomic E-state index is -0.433. The summed E-state index contributed by atoms with van der Waals surface area (Å²) in [6, 6.07) is 0.337. The fourth-order valence-electron chi connectivity index (χ4n) is 1.74. The summed E-state index contributed by atoms with van der Waals surface area (Å²) >= 11 is 1.05. The summed E-state index contributed by atoms with van der Waals surface area (Å²) in [6.07, 6.45) is 4.39. The number of nitro groups is 1. The van der Waals surface area contributed by atoms with Gasteiger partial charge in [0, 0.05) is 12.1 Å². The van der Waals surface area contributed by atoms with E-state index in [-0.39, 0.29) is 17.1 Å². The number of thiazole rings is 1. The Balaban J connectivity index is 2.01. The highest BCUT2D eigenvalue weighted by atomic mass is 32.1. The monoisotopic (exact) mass is 228 g/mol. The number of hydrogen-bond donors (Lipinski definition) is 2. The van der Waals surface area contributed by atoms with Crippen LogP contribution in [0.1, 0.15) is 19.3 Å². The summed E-state index contributed by atoms with van der Waals surface area (Å²) in [6.45, 7) is 0. The van der Waals surface area contributed by atoms with Gasteiger partial charge in [-0.25, -0.2) is 4.98 Å². The van der Waals surface area contributed by atoms with Crippen molar-refractivity contribution in [2.24, 2.45) is 5.73 Å². The van der Waals surface area contributed by atoms with Crippen molar-refractivity contribution in [3.8, 4) is 0 Å². The summed E-state index contributed by atoms with van der Waals surface area (Å²) in [5, 5.41) is 14.2. The maximum atomic E-state index is 10.4. The molecule has 1 fully saturated rings. The molecule has 0 saturated heterocycles. The molecule has 1 saturated carbocycles. The Hall–Kier alpha value is -1.21. The molecular formula is C8H12N4O2S. The third kappa shape index (κ3) is 2.24. The molecule has 0 aromatic carbocycles. The first-order valence-corrected chi connectivity index (χ1v) is 5.61. The van der Waals surface area contributed by atoms with Gasteiger partial charge in [-0.3, -0.25) is 10.1 Å². The number of nitrogens with two attached hydrogens (primary N) is 1. The molecule has 1 aromatic heterocycles. The first-order valence-electron chi connectivity index (χ1n) is 4.79. The summed E-state index contributed by atoms with van der Waals surface area (Å²) in [5.41, 5.74) is 5.87. The third-order valence-corrected chi connectivity index (χ3v) is 3.43. The third-order valence-electron chi connectivity index (χ3n) is 2.55. The second-order valence-electron chi connectivity index (χ2n) is 3.61. The maximum Gasteiger partial charge on any atom is 0.345 e. The number of nitrogens with one attached hydrogen (secondary N) is 1. The van der Waals surface area contributed by atoms with Crippen molar-refractivity contribution >= 4 is 21.5 Å². The first kappa shape index (κ1) is 10.3. The van der Waals surface area contributed by atoms with Gasteiger partial charge in [-0.05, 0) is 30.6 Å². The van der Waals surface area contributed by atoms with Crippen LogP contribution in [0.4, 0.5) is 10.1 Å². The van der Waals surface area contributed by atoms with E-state index < -0.39 is 4.92 Å². The summed E-state index contributed by atoms with van der Waals surface area (Å²) in [4.78, 5) is 14.0. The summed E-state index contributed by atoms with van der Waals surface area (Å²) < 4.78 is 0. The van der Waals surface area contributed by atoms with E-state index in [4.69, 9.17) is 5.73 Å². The molecule has 2 rings (SSSR count). The molecule has 15 heavy (non-hydrogen) atoms. The maximum absolute atomic E-state index is 10.4. The molecule has 1 aliphatic carbocycles. The Kier molecular flexibility index (Phi) is 2.83. The van der Waals surface area contributed by atoms with E-state index >= 15 is 0 Å². The topological polar surface area (TPSA) is 94.1 Å². The van der Waals surface area contributed by atoms with Crippen LogP contribution >= 0.6 is 11.3 Å². The molecule has 0 aliphatic heterocycles. The van der Waals surface area contributed by atoms with Crippen molar-refractivity contribution in [2.75, 3.05) is 5.32 Å². The Bertz CT molecular complexity index is 367. The van der Waals surface area contributed by atoms with Crippen LogP contribution in [0.5, 0.6) is 0 Å². The van der Waals surface area contributed by atoms with Crippen molar-refractivity contribution in [1.82, 2.24) is 4.98 Å². The SMILES string of the molecule is NC1CCCC1Nc1ncc([N+](=O)[O-])s1. The van der Waals surface area contributed by atoms with Crippen molar-refractivity contribution in [3.05, 3.63) is 16.3 Å². The first-order chi connectivity index (χ1) is 7.16. The molecule has 82 valence electrons. The molecule has 1 aromatic rings. The van der Waals surface area contributed by atoms with Gasteiger partial charge in [-0.2, -0.15) is 0 Å². The van der Waals surface area contributed by atoms with Gasteiger partial charge in [0.15, 0.2) is 5.13 Å². The predicted molar refractivity (Wildman–Crippen MR) is 58.0 cm³/mol. The average molecular weight is 228 g/mol. The zero-order valence-corrected chi connectivity index (χ0v) is 8.87. The van der Waals surface area contributed by atoms with Gasteiger partial charge in [0.1, 0.15) is 6.20 Å². The van der Waals surface area contributed by atoms with Crippen molar-refractivity contribution in [2.45, 2.75) is 31.3 Å². The highest BCUT2D eigenvalue weighted by Crippen LogP contribution is 2.28. The van der Waals surface area contributed by atoms with Crippen LogP contribution in [-0.4, -0.2) is 22.0 Å². The Morgan fingerprint density at radius 3 is 3.00 bits per heavy atom. The number of aromatic nitrogens is 1. The average Bonchev–Trinajstić information content (AvgIpc) is 2.77. The molecule has 3 N–H and O–H groups in total. The molecular weight excluding hydrogens is 216 g/mol. The van der Waals surface area contributed by atoms with Crippen LogP contribution in [0.15, 0.2) is 6.20 Å². The minimum Gasteiger partial charge on any atom is -0.357 e. The molecule has 0 bridgehead atoms. The minimum absolute atomic E-state index is 0.0593.